The summed E-state index contributed by atoms with van der Waals surface area (Å²) in [6.45, 7) is 2.24. The molecule has 1 aromatic heterocycles. The monoisotopic (exact) mass is 331 g/mol. The Bertz CT molecular complexity index is 836. The van der Waals surface area contributed by atoms with Gasteiger partial charge in [0.25, 0.3) is 0 Å². The van der Waals surface area contributed by atoms with Crippen LogP contribution in [0.15, 0.2) is 54.7 Å². The van der Waals surface area contributed by atoms with E-state index >= 15 is 0 Å². The van der Waals surface area contributed by atoms with Crippen molar-refractivity contribution in [2.45, 2.75) is 45.4 Å². The molecule has 0 aliphatic heterocycles. The van der Waals surface area contributed by atoms with Crippen molar-refractivity contribution in [1.82, 2.24) is 4.98 Å². The fraction of sp³-hybridized carbons (Fsp3) is 0.304. The Kier molecular flexibility index (Phi) is 5.95. The molecule has 0 spiro atoms. The summed E-state index contributed by atoms with van der Waals surface area (Å²) in [4.78, 5) is 15.4. The van der Waals surface area contributed by atoms with Gasteiger partial charge >= 0.3 is 0 Å². The zero-order valence-corrected chi connectivity index (χ0v) is 14.9. The summed E-state index contributed by atoms with van der Waals surface area (Å²) >= 11 is 0. The smallest absolute Gasteiger partial charge is 0.124 e. The van der Waals surface area contributed by atoms with E-state index in [1.807, 2.05) is 12.1 Å². The third-order valence-corrected chi connectivity index (χ3v) is 4.74. The van der Waals surface area contributed by atoms with E-state index in [2.05, 4.69) is 48.3 Å². The molecule has 3 aromatic rings. The van der Waals surface area contributed by atoms with Gasteiger partial charge in [0.05, 0.1) is 5.52 Å². The quantitative estimate of drug-likeness (QED) is 0.387. The fourth-order valence-corrected chi connectivity index (χ4v) is 3.34. The summed E-state index contributed by atoms with van der Waals surface area (Å²) in [5, 5.41) is 1.11. The second-order valence-electron chi connectivity index (χ2n) is 6.55. The first-order valence-electron chi connectivity index (χ1n) is 9.23. The van der Waals surface area contributed by atoms with Crippen molar-refractivity contribution in [3.63, 3.8) is 0 Å². The van der Waals surface area contributed by atoms with Crippen molar-refractivity contribution in [2.24, 2.45) is 0 Å². The topological polar surface area (TPSA) is 30.0 Å². The summed E-state index contributed by atoms with van der Waals surface area (Å²) in [6.07, 6.45) is 9.47. The summed E-state index contributed by atoms with van der Waals surface area (Å²) in [6, 6.07) is 17.1. The van der Waals surface area contributed by atoms with Crippen LogP contribution in [0.5, 0.6) is 0 Å². The van der Waals surface area contributed by atoms with E-state index < -0.39 is 0 Å². The number of nitrogens with zero attached hydrogens (tertiary/aromatic N) is 1. The molecule has 0 saturated carbocycles. The number of carbonyl (C=O) groups is 1. The van der Waals surface area contributed by atoms with Gasteiger partial charge in [0.1, 0.15) is 6.29 Å². The van der Waals surface area contributed by atoms with Crippen LogP contribution in [-0.2, 0) is 17.6 Å². The predicted molar refractivity (Wildman–Crippen MR) is 105 cm³/mol. The molecule has 0 unspecified atom stereocenters. The Labute approximate surface area is 149 Å². The molecule has 0 radical (unpaired) electrons. The molecule has 25 heavy (non-hydrogen) atoms. The van der Waals surface area contributed by atoms with Crippen molar-refractivity contribution < 1.29 is 4.79 Å². The second-order valence-corrected chi connectivity index (χ2v) is 6.55. The van der Waals surface area contributed by atoms with Crippen molar-refractivity contribution in [3.8, 4) is 11.1 Å². The van der Waals surface area contributed by atoms with Crippen LogP contribution in [0.3, 0.4) is 0 Å². The van der Waals surface area contributed by atoms with Gasteiger partial charge in [0.15, 0.2) is 0 Å². The number of carbonyl (C=O) groups excluding carboxylic acids is 1. The van der Waals surface area contributed by atoms with Gasteiger partial charge in [-0.05, 0) is 41.2 Å². The number of pyridine rings is 1. The molecule has 0 saturated heterocycles. The molecule has 2 aromatic carbocycles. The number of hydrogen-bond acceptors (Lipinski definition) is 2. The van der Waals surface area contributed by atoms with Gasteiger partial charge < -0.3 is 4.79 Å². The highest BCUT2D eigenvalue weighted by molar-refractivity contribution is 5.96. The minimum Gasteiger partial charge on any atom is -0.303 e. The number of hydrogen-bond donors (Lipinski definition) is 0. The molecule has 0 aliphatic rings. The number of benzene rings is 2. The van der Waals surface area contributed by atoms with Crippen molar-refractivity contribution >= 4 is 17.2 Å². The summed E-state index contributed by atoms with van der Waals surface area (Å²) in [5.41, 5.74) is 5.70. The lowest BCUT2D eigenvalue weighted by Crippen LogP contribution is -1.93. The van der Waals surface area contributed by atoms with Gasteiger partial charge in [-0.3, -0.25) is 4.98 Å². The maximum atomic E-state index is 10.9. The van der Waals surface area contributed by atoms with Crippen LogP contribution in [0.4, 0.5) is 0 Å². The zero-order chi connectivity index (χ0) is 17.5. The van der Waals surface area contributed by atoms with E-state index in [-0.39, 0.29) is 0 Å². The van der Waals surface area contributed by atoms with Crippen LogP contribution in [0, 0.1) is 0 Å². The maximum absolute atomic E-state index is 10.9. The first-order valence-corrected chi connectivity index (χ1v) is 9.23. The molecule has 0 amide bonds. The number of fused-ring (bicyclic) bond motifs is 1. The average Bonchev–Trinajstić information content (AvgIpc) is 2.66. The summed E-state index contributed by atoms with van der Waals surface area (Å²) in [7, 11) is 0. The molecule has 1 heterocycles. The van der Waals surface area contributed by atoms with E-state index in [1.54, 1.807) is 6.20 Å². The standard InChI is InChI=1S/C23H25NO/c1-2-3-4-5-7-18-9-11-19(12-10-18)21-14-13-20(15-17-25)23-22(21)8-6-16-24-23/h6,8-14,16-17H,2-5,7,15H2,1H3. The highest BCUT2D eigenvalue weighted by Gasteiger charge is 2.08. The van der Waals surface area contributed by atoms with Crippen LogP contribution >= 0.6 is 0 Å². The number of aromatic nitrogens is 1. The van der Waals surface area contributed by atoms with Crippen LogP contribution in [0.25, 0.3) is 22.0 Å². The van der Waals surface area contributed by atoms with Crippen LogP contribution in [0.1, 0.15) is 43.7 Å². The van der Waals surface area contributed by atoms with Gasteiger partial charge in [-0.25, -0.2) is 0 Å². The van der Waals surface area contributed by atoms with Gasteiger partial charge in [-0.1, -0.05) is 68.7 Å². The highest BCUT2D eigenvalue weighted by atomic mass is 16.1. The largest absolute Gasteiger partial charge is 0.303 e. The summed E-state index contributed by atoms with van der Waals surface area (Å²) in [5.74, 6) is 0. The Morgan fingerprint density at radius 1 is 0.960 bits per heavy atom. The van der Waals surface area contributed by atoms with Crippen LogP contribution in [0.2, 0.25) is 0 Å². The van der Waals surface area contributed by atoms with Crippen molar-refractivity contribution in [2.75, 3.05) is 0 Å². The minimum absolute atomic E-state index is 0.407. The number of aryl methyl sites for hydroxylation is 1. The van der Waals surface area contributed by atoms with Crippen LogP contribution in [-0.4, -0.2) is 11.3 Å². The molecule has 0 N–H and O–H groups in total. The molecule has 2 nitrogen and oxygen atoms in total. The SMILES string of the molecule is CCCCCCc1ccc(-c2ccc(CC=O)c3ncccc23)cc1. The first-order chi connectivity index (χ1) is 12.3. The van der Waals surface area contributed by atoms with Gasteiger partial charge in [0, 0.05) is 18.0 Å². The van der Waals surface area contributed by atoms with E-state index in [0.717, 1.165) is 29.2 Å². The molecule has 0 atom stereocenters. The normalized spacial score (nSPS) is 10.9. The molecule has 0 bridgehead atoms. The third kappa shape index (κ3) is 4.14. The molecule has 128 valence electrons. The maximum Gasteiger partial charge on any atom is 0.124 e. The Hall–Kier alpha value is -2.48. The highest BCUT2D eigenvalue weighted by Crippen LogP contribution is 2.30. The molecule has 0 aliphatic carbocycles. The zero-order valence-electron chi connectivity index (χ0n) is 14.9. The van der Waals surface area contributed by atoms with E-state index in [9.17, 15) is 4.79 Å². The Morgan fingerprint density at radius 2 is 1.80 bits per heavy atom. The molecule has 0 fully saturated rings. The van der Waals surface area contributed by atoms with E-state index in [1.165, 1.54) is 42.4 Å². The first kappa shape index (κ1) is 17.3. The van der Waals surface area contributed by atoms with E-state index in [4.69, 9.17) is 0 Å². The summed E-state index contributed by atoms with van der Waals surface area (Å²) < 4.78 is 0. The minimum atomic E-state index is 0.407. The second kappa shape index (κ2) is 8.57. The molecule has 2 heteroatoms. The molecule has 3 rings (SSSR count). The lowest BCUT2D eigenvalue weighted by atomic mass is 9.95. The number of aldehydes is 1. The molecular formula is C23H25NO. The van der Waals surface area contributed by atoms with E-state index in [0.29, 0.717) is 6.42 Å². The number of rotatable bonds is 8. The van der Waals surface area contributed by atoms with Gasteiger partial charge in [-0.2, -0.15) is 0 Å². The average molecular weight is 331 g/mol. The predicted octanol–water partition coefficient (Wildman–Crippen LogP) is 5.77. The molecular weight excluding hydrogens is 306 g/mol. The third-order valence-electron chi connectivity index (χ3n) is 4.74. The van der Waals surface area contributed by atoms with Gasteiger partial charge in [-0.15, -0.1) is 0 Å². The number of unbranched alkanes of at least 4 members (excludes halogenated alkanes) is 3. The lowest BCUT2D eigenvalue weighted by molar-refractivity contribution is -0.107. The van der Waals surface area contributed by atoms with Crippen molar-refractivity contribution in [1.29, 1.82) is 0 Å². The van der Waals surface area contributed by atoms with Crippen molar-refractivity contribution in [3.05, 3.63) is 65.9 Å². The van der Waals surface area contributed by atoms with Gasteiger partial charge in [0.2, 0.25) is 0 Å². The fourth-order valence-electron chi connectivity index (χ4n) is 3.34. The lowest BCUT2D eigenvalue weighted by Gasteiger charge is -2.10. The Balaban J connectivity index is 1.86. The Morgan fingerprint density at radius 3 is 2.56 bits per heavy atom. The van der Waals surface area contributed by atoms with Crippen LogP contribution < -0.4 is 0 Å².